The fraction of sp³-hybridized carbons (Fsp3) is 0.182. The van der Waals surface area contributed by atoms with Crippen molar-refractivity contribution in [2.75, 3.05) is 0 Å². The highest BCUT2D eigenvalue weighted by molar-refractivity contribution is 7.90. The van der Waals surface area contributed by atoms with Crippen molar-refractivity contribution in [2.24, 2.45) is 0 Å². The summed E-state index contributed by atoms with van der Waals surface area (Å²) in [6, 6.07) is 4.30. The van der Waals surface area contributed by atoms with Crippen LogP contribution in [0.1, 0.15) is 23.2 Å². The second-order valence-corrected chi connectivity index (χ2v) is 5.67. The van der Waals surface area contributed by atoms with E-state index in [4.69, 9.17) is 5.11 Å². The van der Waals surface area contributed by atoms with E-state index in [9.17, 15) is 22.8 Å². The average Bonchev–Trinajstić information content (AvgIpc) is 2.69. The van der Waals surface area contributed by atoms with Crippen LogP contribution in [0.5, 0.6) is 0 Å². The number of imide groups is 1. The molecule has 2 amide bonds. The summed E-state index contributed by atoms with van der Waals surface area (Å²) < 4.78 is 24.4. The molecule has 1 N–H and O–H groups in total. The van der Waals surface area contributed by atoms with E-state index in [0.717, 1.165) is 24.3 Å². The number of carbonyl (C=O) groups excluding carboxylic acids is 2. The van der Waals surface area contributed by atoms with Gasteiger partial charge in [-0.05, 0) is 24.3 Å². The minimum atomic E-state index is -4.24. The van der Waals surface area contributed by atoms with Crippen molar-refractivity contribution in [2.45, 2.75) is 17.7 Å². The second kappa shape index (κ2) is 4.47. The number of amides is 2. The summed E-state index contributed by atoms with van der Waals surface area (Å²) in [5.41, 5.74) is -0.0852. The number of hydrogen-bond acceptors (Lipinski definition) is 5. The molecule has 8 heteroatoms. The van der Waals surface area contributed by atoms with E-state index in [1.54, 1.807) is 0 Å². The Labute approximate surface area is 108 Å². The van der Waals surface area contributed by atoms with E-state index >= 15 is 0 Å². The van der Waals surface area contributed by atoms with Gasteiger partial charge in [-0.25, -0.2) is 13.2 Å². The van der Waals surface area contributed by atoms with E-state index < -0.39 is 27.8 Å². The number of carbonyl (C=O) groups is 3. The monoisotopic (exact) mass is 283 g/mol. The van der Waals surface area contributed by atoms with Gasteiger partial charge in [-0.3, -0.25) is 9.59 Å². The van der Waals surface area contributed by atoms with Crippen molar-refractivity contribution >= 4 is 27.8 Å². The number of benzene rings is 1. The van der Waals surface area contributed by atoms with Gasteiger partial charge in [0, 0.05) is 12.8 Å². The molecule has 0 unspecified atom stereocenters. The number of aromatic carboxylic acids is 1. The Morgan fingerprint density at radius 2 is 1.53 bits per heavy atom. The molecule has 1 aliphatic heterocycles. The van der Waals surface area contributed by atoms with Crippen molar-refractivity contribution in [3.63, 3.8) is 0 Å². The van der Waals surface area contributed by atoms with Gasteiger partial charge in [0.15, 0.2) is 0 Å². The Morgan fingerprint density at radius 3 is 1.95 bits per heavy atom. The van der Waals surface area contributed by atoms with Gasteiger partial charge < -0.3 is 5.11 Å². The molecule has 1 heterocycles. The standard InChI is InChI=1S/C11H9NO6S/c13-9-5-6-10(14)12(9)19(17,18)8-3-1-7(2-4-8)11(15)16/h1-4H,5-6H2,(H,15,16). The zero-order valence-corrected chi connectivity index (χ0v) is 10.4. The summed E-state index contributed by atoms with van der Waals surface area (Å²) in [6.07, 6.45) is -0.267. The topological polar surface area (TPSA) is 109 Å². The van der Waals surface area contributed by atoms with Crippen LogP contribution in [-0.2, 0) is 19.6 Å². The lowest BCUT2D eigenvalue weighted by molar-refractivity contribution is -0.132. The van der Waals surface area contributed by atoms with Gasteiger partial charge in [-0.2, -0.15) is 4.31 Å². The molecule has 0 aliphatic carbocycles. The number of carboxylic acid groups (broad SMARTS) is 1. The summed E-state index contributed by atoms with van der Waals surface area (Å²) in [6.45, 7) is 0. The van der Waals surface area contributed by atoms with Crippen LogP contribution in [0.4, 0.5) is 0 Å². The predicted octanol–water partition coefficient (Wildman–Crippen LogP) is 0.222. The average molecular weight is 283 g/mol. The van der Waals surface area contributed by atoms with Crippen LogP contribution in [0, 0.1) is 0 Å². The Kier molecular flexibility index (Phi) is 3.11. The summed E-state index contributed by atoms with van der Waals surface area (Å²) in [5.74, 6) is -2.74. The van der Waals surface area contributed by atoms with Crippen LogP contribution in [0.2, 0.25) is 0 Å². The first kappa shape index (κ1) is 13.2. The maximum atomic E-state index is 12.1. The first-order valence-electron chi connectivity index (χ1n) is 5.28. The molecule has 0 radical (unpaired) electrons. The van der Waals surface area contributed by atoms with Gasteiger partial charge in [0.25, 0.3) is 10.0 Å². The van der Waals surface area contributed by atoms with E-state index in [0.29, 0.717) is 0 Å². The van der Waals surface area contributed by atoms with Crippen LogP contribution in [0.15, 0.2) is 29.2 Å². The maximum absolute atomic E-state index is 12.1. The van der Waals surface area contributed by atoms with Crippen LogP contribution in [0.25, 0.3) is 0 Å². The summed E-state index contributed by atoms with van der Waals surface area (Å²) in [7, 11) is -4.24. The molecule has 100 valence electrons. The van der Waals surface area contributed by atoms with Gasteiger partial charge in [0.05, 0.1) is 10.5 Å². The fourth-order valence-corrected chi connectivity index (χ4v) is 3.11. The first-order chi connectivity index (χ1) is 8.84. The van der Waals surface area contributed by atoms with Crippen LogP contribution in [-0.4, -0.2) is 35.6 Å². The maximum Gasteiger partial charge on any atom is 0.335 e. The third-order valence-electron chi connectivity index (χ3n) is 2.65. The van der Waals surface area contributed by atoms with E-state index in [1.807, 2.05) is 0 Å². The van der Waals surface area contributed by atoms with Crippen LogP contribution >= 0.6 is 0 Å². The van der Waals surface area contributed by atoms with Crippen molar-refractivity contribution in [1.29, 1.82) is 0 Å². The largest absolute Gasteiger partial charge is 0.478 e. The van der Waals surface area contributed by atoms with Gasteiger partial charge in [0.2, 0.25) is 11.8 Å². The number of sulfonamides is 1. The van der Waals surface area contributed by atoms with Crippen LogP contribution in [0.3, 0.4) is 0 Å². The minimum Gasteiger partial charge on any atom is -0.478 e. The molecule has 0 saturated carbocycles. The van der Waals surface area contributed by atoms with Gasteiger partial charge in [0.1, 0.15) is 0 Å². The fourth-order valence-electron chi connectivity index (χ4n) is 1.70. The highest BCUT2D eigenvalue weighted by atomic mass is 32.2. The Balaban J connectivity index is 2.42. The number of hydrogen-bond donors (Lipinski definition) is 1. The highest BCUT2D eigenvalue weighted by Gasteiger charge is 2.39. The van der Waals surface area contributed by atoms with Gasteiger partial charge >= 0.3 is 5.97 Å². The predicted molar refractivity (Wildman–Crippen MR) is 61.7 cm³/mol. The molecule has 1 aromatic rings. The Bertz CT molecular complexity index is 645. The molecule has 2 rings (SSSR count). The molecular weight excluding hydrogens is 274 g/mol. The molecule has 0 atom stereocenters. The molecule has 0 spiro atoms. The lowest BCUT2D eigenvalue weighted by Gasteiger charge is -2.14. The van der Waals surface area contributed by atoms with Crippen molar-refractivity contribution in [1.82, 2.24) is 4.31 Å². The summed E-state index contributed by atoms with van der Waals surface area (Å²) in [5, 5.41) is 8.71. The second-order valence-electron chi connectivity index (χ2n) is 3.89. The molecule has 0 aromatic heterocycles. The lowest BCUT2D eigenvalue weighted by Crippen LogP contribution is -2.35. The lowest BCUT2D eigenvalue weighted by atomic mass is 10.2. The zero-order chi connectivity index (χ0) is 14.2. The number of nitrogens with zero attached hydrogens (tertiary/aromatic N) is 1. The van der Waals surface area contributed by atoms with E-state index in [-0.39, 0.29) is 27.6 Å². The Hall–Kier alpha value is -2.22. The van der Waals surface area contributed by atoms with Crippen LogP contribution < -0.4 is 0 Å². The van der Waals surface area contributed by atoms with Crippen molar-refractivity contribution in [3.05, 3.63) is 29.8 Å². The number of carboxylic acids is 1. The molecule has 1 saturated heterocycles. The van der Waals surface area contributed by atoms with E-state index in [2.05, 4.69) is 0 Å². The minimum absolute atomic E-state index is 0.0852. The normalized spacial score (nSPS) is 15.9. The molecule has 19 heavy (non-hydrogen) atoms. The molecule has 0 bridgehead atoms. The third kappa shape index (κ3) is 2.22. The first-order valence-corrected chi connectivity index (χ1v) is 6.72. The SMILES string of the molecule is O=C(O)c1ccc(S(=O)(=O)N2C(=O)CCC2=O)cc1. The summed E-state index contributed by atoms with van der Waals surface area (Å²) >= 11 is 0. The Morgan fingerprint density at radius 1 is 1.05 bits per heavy atom. The van der Waals surface area contributed by atoms with Crippen molar-refractivity contribution < 1.29 is 27.9 Å². The molecule has 1 aromatic carbocycles. The molecule has 1 fully saturated rings. The van der Waals surface area contributed by atoms with Gasteiger partial charge in [-0.1, -0.05) is 0 Å². The molecule has 1 aliphatic rings. The third-order valence-corrected chi connectivity index (χ3v) is 4.40. The molecular formula is C11H9NO6S. The smallest absolute Gasteiger partial charge is 0.335 e. The number of rotatable bonds is 3. The van der Waals surface area contributed by atoms with Crippen molar-refractivity contribution in [3.8, 4) is 0 Å². The summed E-state index contributed by atoms with van der Waals surface area (Å²) in [4.78, 5) is 33.2. The highest BCUT2D eigenvalue weighted by Crippen LogP contribution is 2.23. The van der Waals surface area contributed by atoms with Gasteiger partial charge in [-0.15, -0.1) is 0 Å². The quantitative estimate of drug-likeness (QED) is 0.795. The molecule has 7 nitrogen and oxygen atoms in total. The zero-order valence-electron chi connectivity index (χ0n) is 9.57. The van der Waals surface area contributed by atoms with E-state index in [1.165, 1.54) is 0 Å².